The quantitative estimate of drug-likeness (QED) is 0.0456. The summed E-state index contributed by atoms with van der Waals surface area (Å²) in [6.45, 7) is 10.1. The number of hydrogen-bond donors (Lipinski definition) is 3. The molecule has 4 aromatic carbocycles. The summed E-state index contributed by atoms with van der Waals surface area (Å²) in [7, 11) is 0.308. The van der Waals surface area contributed by atoms with Crippen LogP contribution in [0.15, 0.2) is 91.0 Å². The SMILES string of the molecule is CCOc1ccc2c(c1)CC(NCCCCO)C(=O)N2c1ccc2c(c1)[C@]1(O[C@@H](CC(=O)N(CCO)Cc3ccccc3)[C@H]([Si](C)(C)c3ccc(OC)cc3)[C@H]1C)C(=O)N2CCCCC(=O)OC. The van der Waals surface area contributed by atoms with Crippen LogP contribution in [0, 0.1) is 5.92 Å². The predicted octanol–water partition coefficient (Wildman–Crippen LogP) is 6.36. The molecule has 3 aliphatic heterocycles. The van der Waals surface area contributed by atoms with Gasteiger partial charge in [0.05, 0.1) is 65.4 Å². The number of methoxy groups -OCH3 is 2. The van der Waals surface area contributed by atoms with Crippen molar-refractivity contribution in [3.8, 4) is 11.5 Å². The molecule has 3 amide bonds. The standard InChI is InChI=1S/C53H68N4O10Si/c1-7-66-41-21-25-45-38(31-41)32-44(54-26-12-14-29-58)51(62)57(45)39-18-24-46-43(33-39)53(52(63)56(46)27-13-11-17-49(61)65-4)36(2)50(68(5,6)42-22-19-40(64-3)20-23-42)47(67-53)34-48(60)55(28-30-59)35-37-15-9-8-10-16-37/h8-10,15-16,18-25,31,33,36,44,47,50,54,58-59H,7,11-14,17,26-30,32,34-35H2,1-6H3/t36-,44?,47+,50-,53+/m1/s1. The van der Waals surface area contributed by atoms with Gasteiger partial charge in [-0.1, -0.05) is 67.7 Å². The number of fused-ring (bicyclic) bond motifs is 3. The Balaban J connectivity index is 1.35. The second kappa shape index (κ2) is 22.2. The van der Waals surface area contributed by atoms with Crippen LogP contribution >= 0.6 is 0 Å². The van der Waals surface area contributed by atoms with Crippen molar-refractivity contribution in [1.29, 1.82) is 0 Å². The summed E-state index contributed by atoms with van der Waals surface area (Å²) in [5, 5.41) is 24.2. The van der Waals surface area contributed by atoms with Gasteiger partial charge < -0.3 is 44.3 Å². The van der Waals surface area contributed by atoms with E-state index >= 15 is 4.79 Å². The number of amides is 3. The molecule has 3 heterocycles. The van der Waals surface area contributed by atoms with E-state index < -0.39 is 31.7 Å². The van der Waals surface area contributed by atoms with Gasteiger partial charge in [-0.3, -0.25) is 24.1 Å². The lowest BCUT2D eigenvalue weighted by atomic mass is 9.82. The largest absolute Gasteiger partial charge is 0.497 e. The van der Waals surface area contributed by atoms with Gasteiger partial charge >= 0.3 is 5.97 Å². The summed E-state index contributed by atoms with van der Waals surface area (Å²) in [6.07, 6.45) is 2.25. The molecule has 1 saturated heterocycles. The van der Waals surface area contributed by atoms with Crippen LogP contribution < -0.4 is 29.8 Å². The molecule has 4 aromatic rings. The summed E-state index contributed by atoms with van der Waals surface area (Å²) in [6, 6.07) is 28.6. The van der Waals surface area contributed by atoms with Crippen LogP contribution in [0.3, 0.4) is 0 Å². The zero-order valence-electron chi connectivity index (χ0n) is 40.4. The van der Waals surface area contributed by atoms with Crippen molar-refractivity contribution < 1.29 is 48.3 Å². The maximum Gasteiger partial charge on any atom is 0.305 e. The van der Waals surface area contributed by atoms with Crippen LogP contribution in [0.1, 0.15) is 69.1 Å². The molecule has 14 nitrogen and oxygen atoms in total. The molecule has 1 unspecified atom stereocenters. The van der Waals surface area contributed by atoms with Gasteiger partial charge in [0.15, 0.2) is 5.60 Å². The van der Waals surface area contributed by atoms with Crippen molar-refractivity contribution in [2.75, 3.05) is 63.5 Å². The summed E-state index contributed by atoms with van der Waals surface area (Å²) in [4.78, 5) is 62.5. The number of aliphatic hydroxyl groups excluding tert-OH is 2. The van der Waals surface area contributed by atoms with E-state index in [0.29, 0.717) is 86.7 Å². The fourth-order valence-corrected chi connectivity index (χ4v) is 14.8. The fourth-order valence-electron chi connectivity index (χ4n) is 10.7. The number of esters is 1. The van der Waals surface area contributed by atoms with Crippen LogP contribution in [0.4, 0.5) is 17.1 Å². The maximum absolute atomic E-state index is 15.7. The third-order valence-electron chi connectivity index (χ3n) is 14.2. The minimum atomic E-state index is -2.68. The molecular formula is C53H68N4O10Si. The number of carbonyl (C=O) groups is 4. The first kappa shape index (κ1) is 50.3. The van der Waals surface area contributed by atoms with Gasteiger partial charge in [0.25, 0.3) is 5.91 Å². The highest BCUT2D eigenvalue weighted by Crippen LogP contribution is 2.60. The van der Waals surface area contributed by atoms with E-state index in [1.165, 1.54) is 7.11 Å². The molecule has 0 aliphatic carbocycles. The van der Waals surface area contributed by atoms with Crippen LogP contribution in [0.2, 0.25) is 18.6 Å². The molecule has 364 valence electrons. The van der Waals surface area contributed by atoms with E-state index in [9.17, 15) is 24.6 Å². The maximum atomic E-state index is 15.7. The zero-order chi connectivity index (χ0) is 48.6. The van der Waals surface area contributed by atoms with Gasteiger partial charge in [-0.15, -0.1) is 0 Å². The van der Waals surface area contributed by atoms with E-state index in [-0.39, 0.29) is 61.8 Å². The number of hydrogen-bond acceptors (Lipinski definition) is 11. The van der Waals surface area contributed by atoms with Gasteiger partial charge in [0.2, 0.25) is 11.8 Å². The molecule has 0 aromatic heterocycles. The van der Waals surface area contributed by atoms with Crippen molar-refractivity contribution in [2.24, 2.45) is 5.92 Å². The van der Waals surface area contributed by atoms with Crippen LogP contribution in [-0.2, 0) is 47.2 Å². The van der Waals surface area contributed by atoms with Crippen LogP contribution in [0.25, 0.3) is 0 Å². The molecule has 1 spiro atoms. The minimum Gasteiger partial charge on any atom is -0.497 e. The average molecular weight is 949 g/mol. The molecule has 7 rings (SSSR count). The minimum absolute atomic E-state index is 0.0264. The molecule has 3 aliphatic rings. The Labute approximate surface area is 401 Å². The first-order valence-corrected chi connectivity index (χ1v) is 27.1. The van der Waals surface area contributed by atoms with Gasteiger partial charge in [0.1, 0.15) is 11.5 Å². The molecule has 5 atom stereocenters. The number of rotatable bonds is 22. The Hall–Kier alpha value is -5.58. The molecule has 0 bridgehead atoms. The monoisotopic (exact) mass is 948 g/mol. The summed E-state index contributed by atoms with van der Waals surface area (Å²) in [5.41, 5.74) is 2.58. The molecule has 68 heavy (non-hydrogen) atoms. The number of benzene rings is 4. The van der Waals surface area contributed by atoms with Gasteiger partial charge in [-0.25, -0.2) is 0 Å². The van der Waals surface area contributed by atoms with Crippen molar-refractivity contribution >= 4 is 54.0 Å². The fraction of sp³-hybridized carbons (Fsp3) is 0.472. The Morgan fingerprint density at radius 1 is 0.897 bits per heavy atom. The lowest BCUT2D eigenvalue weighted by Crippen LogP contribution is -2.52. The molecule has 1 fully saturated rings. The highest BCUT2D eigenvalue weighted by Gasteiger charge is 2.66. The van der Waals surface area contributed by atoms with Crippen molar-refractivity contribution in [2.45, 2.75) is 102 Å². The Morgan fingerprint density at radius 2 is 1.63 bits per heavy atom. The van der Waals surface area contributed by atoms with Gasteiger partial charge in [-0.2, -0.15) is 0 Å². The molecule has 0 radical (unpaired) electrons. The number of anilines is 3. The van der Waals surface area contributed by atoms with E-state index in [2.05, 4.69) is 37.5 Å². The average Bonchev–Trinajstić information content (AvgIpc) is 3.77. The first-order chi connectivity index (χ1) is 32.8. The number of unbranched alkanes of at least 4 members (excludes halogenated alkanes) is 2. The summed E-state index contributed by atoms with van der Waals surface area (Å²) < 4.78 is 23.8. The Kier molecular flexibility index (Phi) is 16.4. The number of nitrogens with zero attached hydrogens (tertiary/aromatic N) is 3. The molecule has 15 heteroatoms. The second-order valence-electron chi connectivity index (χ2n) is 18.6. The third kappa shape index (κ3) is 10.2. The molecule has 0 saturated carbocycles. The van der Waals surface area contributed by atoms with Crippen molar-refractivity contribution in [3.05, 3.63) is 108 Å². The summed E-state index contributed by atoms with van der Waals surface area (Å²) in [5.74, 6) is 0.0497. The van der Waals surface area contributed by atoms with E-state index in [0.717, 1.165) is 22.1 Å². The normalized spacial score (nSPS) is 20.9. The number of aliphatic hydroxyl groups is 2. The smallest absolute Gasteiger partial charge is 0.305 e. The third-order valence-corrected chi connectivity index (χ3v) is 18.5. The number of ether oxygens (including phenoxy) is 4. The molecule has 3 N–H and O–H groups in total. The lowest BCUT2D eigenvalue weighted by Gasteiger charge is -2.37. The zero-order valence-corrected chi connectivity index (χ0v) is 41.4. The highest BCUT2D eigenvalue weighted by atomic mass is 28.3. The number of carbonyl (C=O) groups excluding carboxylic acids is 4. The van der Waals surface area contributed by atoms with E-state index in [1.54, 1.807) is 21.8 Å². The summed E-state index contributed by atoms with van der Waals surface area (Å²) >= 11 is 0. The van der Waals surface area contributed by atoms with Gasteiger partial charge in [0, 0.05) is 49.8 Å². The Bertz CT molecular complexity index is 2400. The van der Waals surface area contributed by atoms with Crippen LogP contribution in [0.5, 0.6) is 11.5 Å². The Morgan fingerprint density at radius 3 is 2.32 bits per heavy atom. The van der Waals surface area contributed by atoms with E-state index in [1.807, 2.05) is 85.8 Å². The predicted molar refractivity (Wildman–Crippen MR) is 264 cm³/mol. The van der Waals surface area contributed by atoms with Gasteiger partial charge in [-0.05, 0) is 111 Å². The lowest BCUT2D eigenvalue weighted by molar-refractivity contribution is -0.149. The second-order valence-corrected chi connectivity index (χ2v) is 23.3. The first-order valence-electron chi connectivity index (χ1n) is 24.0. The van der Waals surface area contributed by atoms with Crippen molar-refractivity contribution in [1.82, 2.24) is 10.2 Å². The number of nitrogens with one attached hydrogen (secondary N) is 1. The van der Waals surface area contributed by atoms with Crippen LogP contribution in [-0.4, -0.2) is 113 Å². The highest BCUT2D eigenvalue weighted by molar-refractivity contribution is 6.91. The van der Waals surface area contributed by atoms with E-state index in [4.69, 9.17) is 18.9 Å². The molecular weight excluding hydrogens is 881 g/mol. The topological polar surface area (TPSA) is 167 Å². The van der Waals surface area contributed by atoms with Crippen molar-refractivity contribution in [3.63, 3.8) is 0 Å².